The first kappa shape index (κ1) is 19.0. The molecule has 0 saturated carbocycles. The predicted octanol–water partition coefficient (Wildman–Crippen LogP) is 2.94. The Balaban J connectivity index is 0. The van der Waals surface area contributed by atoms with Gasteiger partial charge in [0.1, 0.15) is 0 Å². The summed E-state index contributed by atoms with van der Waals surface area (Å²) in [5.41, 5.74) is 6.70. The van der Waals surface area contributed by atoms with Crippen LogP contribution in [0.2, 0.25) is 0 Å². The van der Waals surface area contributed by atoms with Crippen molar-refractivity contribution in [1.29, 1.82) is 0 Å². The van der Waals surface area contributed by atoms with E-state index in [4.69, 9.17) is 5.73 Å². The highest BCUT2D eigenvalue weighted by Crippen LogP contribution is 2.05. The quantitative estimate of drug-likeness (QED) is 0.515. The van der Waals surface area contributed by atoms with Crippen molar-refractivity contribution >= 4 is 5.91 Å². The first-order valence-corrected chi connectivity index (χ1v) is 6.63. The third-order valence-electron chi connectivity index (χ3n) is 2.22. The normalized spacial score (nSPS) is 11.9. The van der Waals surface area contributed by atoms with E-state index in [0.717, 1.165) is 18.4 Å². The molecule has 0 aromatic rings. The van der Waals surface area contributed by atoms with Crippen LogP contribution in [0.3, 0.4) is 0 Å². The number of hydrogen-bond acceptors (Lipinski definition) is 2. The van der Waals surface area contributed by atoms with Crippen molar-refractivity contribution in [1.82, 2.24) is 5.32 Å². The Hall–Kier alpha value is -1.35. The highest BCUT2D eigenvalue weighted by Gasteiger charge is 2.13. The van der Waals surface area contributed by atoms with E-state index in [-0.39, 0.29) is 5.91 Å². The average Bonchev–Trinajstić information content (AvgIpc) is 2.40. The fourth-order valence-electron chi connectivity index (χ4n) is 1.24. The van der Waals surface area contributed by atoms with Crippen molar-refractivity contribution in [3.05, 3.63) is 37.0 Å². The van der Waals surface area contributed by atoms with Crippen LogP contribution in [0.5, 0.6) is 0 Å². The van der Waals surface area contributed by atoms with Crippen molar-refractivity contribution in [3.63, 3.8) is 0 Å². The van der Waals surface area contributed by atoms with Crippen LogP contribution in [-0.4, -0.2) is 18.5 Å². The van der Waals surface area contributed by atoms with Crippen LogP contribution in [0.25, 0.3) is 0 Å². The van der Waals surface area contributed by atoms with Gasteiger partial charge in [-0.05, 0) is 18.4 Å². The Morgan fingerprint density at radius 1 is 1.39 bits per heavy atom. The molecular weight excluding hydrogens is 224 g/mol. The van der Waals surface area contributed by atoms with Crippen molar-refractivity contribution < 1.29 is 4.79 Å². The second-order valence-electron chi connectivity index (χ2n) is 3.64. The Kier molecular flexibility index (Phi) is 14.5. The van der Waals surface area contributed by atoms with E-state index in [1.165, 1.54) is 0 Å². The van der Waals surface area contributed by atoms with Gasteiger partial charge in [-0.2, -0.15) is 0 Å². The molecule has 0 aliphatic carbocycles. The van der Waals surface area contributed by atoms with E-state index in [0.29, 0.717) is 13.0 Å². The Morgan fingerprint density at radius 2 is 2.00 bits per heavy atom. The van der Waals surface area contributed by atoms with Gasteiger partial charge >= 0.3 is 0 Å². The molecule has 0 spiro atoms. The number of carbonyl (C=O) groups excluding carboxylic acids is 1. The summed E-state index contributed by atoms with van der Waals surface area (Å²) in [6, 6.07) is -0.513. The molecule has 3 heteroatoms. The number of carbonyl (C=O) groups is 1. The third-order valence-corrected chi connectivity index (χ3v) is 2.22. The summed E-state index contributed by atoms with van der Waals surface area (Å²) in [5, 5.41) is 2.80. The highest BCUT2D eigenvalue weighted by molar-refractivity contribution is 5.81. The van der Waals surface area contributed by atoms with Gasteiger partial charge in [-0.3, -0.25) is 4.79 Å². The van der Waals surface area contributed by atoms with Crippen LogP contribution >= 0.6 is 0 Å². The lowest BCUT2D eigenvalue weighted by atomic mass is 10.1. The Morgan fingerprint density at radius 3 is 2.44 bits per heavy atom. The van der Waals surface area contributed by atoms with Crippen LogP contribution < -0.4 is 11.1 Å². The summed E-state index contributed by atoms with van der Waals surface area (Å²) in [6.07, 6.45) is 7.71. The first-order chi connectivity index (χ1) is 8.65. The summed E-state index contributed by atoms with van der Waals surface area (Å²) >= 11 is 0. The van der Waals surface area contributed by atoms with E-state index in [2.05, 4.69) is 25.4 Å². The fraction of sp³-hybridized carbons (Fsp3) is 0.533. The molecule has 0 bridgehead atoms. The molecule has 3 nitrogen and oxygen atoms in total. The van der Waals surface area contributed by atoms with Gasteiger partial charge in [0, 0.05) is 6.54 Å². The standard InChI is InChI=1S/C13H22N2O.C2H6/c1-4-7-9-15-13(16)12(14)10-11(6-3)8-5-2;1-2/h5-6,8,12H,2-4,7,9-10,14H2,1H3,(H,15,16);1-2H3/b11-8+;. The zero-order chi connectivity index (χ0) is 14.4. The molecule has 1 atom stereocenters. The van der Waals surface area contributed by atoms with Crippen molar-refractivity contribution in [3.8, 4) is 0 Å². The summed E-state index contributed by atoms with van der Waals surface area (Å²) in [5.74, 6) is -0.106. The van der Waals surface area contributed by atoms with Crippen LogP contribution in [0, 0.1) is 0 Å². The number of unbranched alkanes of at least 4 members (excludes halogenated alkanes) is 1. The maximum Gasteiger partial charge on any atom is 0.237 e. The van der Waals surface area contributed by atoms with Gasteiger partial charge in [0.2, 0.25) is 5.91 Å². The lowest BCUT2D eigenvalue weighted by Crippen LogP contribution is -2.41. The maximum atomic E-state index is 11.6. The van der Waals surface area contributed by atoms with E-state index >= 15 is 0 Å². The largest absolute Gasteiger partial charge is 0.355 e. The lowest BCUT2D eigenvalue weighted by Gasteiger charge is -2.12. The topological polar surface area (TPSA) is 55.1 Å². The van der Waals surface area contributed by atoms with Crippen molar-refractivity contribution in [2.24, 2.45) is 5.73 Å². The lowest BCUT2D eigenvalue weighted by molar-refractivity contribution is -0.122. The summed E-state index contributed by atoms with van der Waals surface area (Å²) in [7, 11) is 0. The zero-order valence-corrected chi connectivity index (χ0v) is 12.0. The predicted molar refractivity (Wildman–Crippen MR) is 80.3 cm³/mol. The molecule has 0 heterocycles. The molecular formula is C15H28N2O. The average molecular weight is 252 g/mol. The molecule has 0 rings (SSSR count). The minimum atomic E-state index is -0.513. The monoisotopic (exact) mass is 252 g/mol. The number of nitrogens with one attached hydrogen (secondary N) is 1. The molecule has 0 aromatic heterocycles. The van der Waals surface area contributed by atoms with Gasteiger partial charge in [-0.15, -0.1) is 0 Å². The van der Waals surface area contributed by atoms with E-state index < -0.39 is 6.04 Å². The van der Waals surface area contributed by atoms with Gasteiger partial charge in [0.15, 0.2) is 0 Å². The summed E-state index contributed by atoms with van der Waals surface area (Å²) < 4.78 is 0. The molecule has 0 aliphatic heterocycles. The van der Waals surface area contributed by atoms with Gasteiger partial charge < -0.3 is 11.1 Å². The minimum Gasteiger partial charge on any atom is -0.355 e. The second-order valence-corrected chi connectivity index (χ2v) is 3.64. The fourth-order valence-corrected chi connectivity index (χ4v) is 1.24. The maximum absolute atomic E-state index is 11.6. The molecule has 104 valence electrons. The van der Waals surface area contributed by atoms with Crippen molar-refractivity contribution in [2.75, 3.05) is 6.54 Å². The van der Waals surface area contributed by atoms with Gasteiger partial charge in [-0.1, -0.05) is 58.6 Å². The number of hydrogen-bond donors (Lipinski definition) is 2. The van der Waals surface area contributed by atoms with Crippen LogP contribution in [-0.2, 0) is 4.79 Å². The highest BCUT2D eigenvalue weighted by atomic mass is 16.2. The number of amides is 1. The molecule has 18 heavy (non-hydrogen) atoms. The molecule has 0 fully saturated rings. The van der Waals surface area contributed by atoms with Gasteiger partial charge in [-0.25, -0.2) is 0 Å². The SMILES string of the molecule is C=C/C=C(\C=C)CC(N)C(=O)NCCCC.CC. The molecule has 0 aliphatic rings. The Labute approximate surface area is 112 Å². The minimum absolute atomic E-state index is 0.106. The van der Waals surface area contributed by atoms with Gasteiger partial charge in [0.05, 0.1) is 6.04 Å². The molecule has 0 aromatic carbocycles. The smallest absolute Gasteiger partial charge is 0.237 e. The number of allylic oxidation sites excluding steroid dienone is 3. The zero-order valence-electron chi connectivity index (χ0n) is 12.0. The van der Waals surface area contributed by atoms with Gasteiger partial charge in [0.25, 0.3) is 0 Å². The first-order valence-electron chi connectivity index (χ1n) is 6.63. The molecule has 0 saturated heterocycles. The number of nitrogens with two attached hydrogens (primary N) is 1. The molecule has 1 amide bonds. The van der Waals surface area contributed by atoms with Crippen molar-refractivity contribution in [2.45, 2.75) is 46.1 Å². The Bertz CT molecular complexity index is 270. The van der Waals surface area contributed by atoms with E-state index in [9.17, 15) is 4.79 Å². The molecule has 3 N–H and O–H groups in total. The summed E-state index contributed by atoms with van der Waals surface area (Å²) in [6.45, 7) is 14.0. The summed E-state index contributed by atoms with van der Waals surface area (Å²) in [4.78, 5) is 11.6. The van der Waals surface area contributed by atoms with Crippen LogP contribution in [0.1, 0.15) is 40.0 Å². The van der Waals surface area contributed by atoms with Crippen LogP contribution in [0.15, 0.2) is 37.0 Å². The molecule has 1 unspecified atom stereocenters. The van der Waals surface area contributed by atoms with E-state index in [1.807, 2.05) is 19.9 Å². The third kappa shape index (κ3) is 9.85. The van der Waals surface area contributed by atoms with E-state index in [1.54, 1.807) is 12.2 Å². The second kappa shape index (κ2) is 13.7. The number of rotatable bonds is 8. The van der Waals surface area contributed by atoms with Crippen LogP contribution in [0.4, 0.5) is 0 Å². The molecule has 0 radical (unpaired) electrons.